The third-order valence-electron chi connectivity index (χ3n) is 6.12. The molecule has 7 heteroatoms. The second-order valence-electron chi connectivity index (χ2n) is 9.96. The molecule has 1 aromatic rings. The zero-order valence-electron chi connectivity index (χ0n) is 19.0. The summed E-state index contributed by atoms with van der Waals surface area (Å²) in [5, 5.41) is 2.89. The molecule has 1 aliphatic heterocycles. The van der Waals surface area contributed by atoms with Crippen LogP contribution < -0.4 is 10.1 Å². The molecule has 1 saturated heterocycles. The van der Waals surface area contributed by atoms with Gasteiger partial charge < -0.3 is 14.4 Å². The summed E-state index contributed by atoms with van der Waals surface area (Å²) in [6, 6.07) is 3.85. The number of fused-ring (bicyclic) bond motifs is 1. The van der Waals surface area contributed by atoms with Gasteiger partial charge in [0.25, 0.3) is 0 Å². The maximum Gasteiger partial charge on any atom is 0.412 e. The molecule has 1 aromatic carbocycles. The average molecular weight is 430 g/mol. The lowest BCUT2D eigenvalue weighted by Gasteiger charge is -2.34. The van der Waals surface area contributed by atoms with E-state index in [0.29, 0.717) is 13.2 Å². The minimum absolute atomic E-state index is 0.247. The van der Waals surface area contributed by atoms with Crippen LogP contribution >= 0.6 is 0 Å². The zero-order chi connectivity index (χ0) is 22.0. The quantitative estimate of drug-likeness (QED) is 0.719. The van der Waals surface area contributed by atoms with Crippen molar-refractivity contribution in [2.24, 2.45) is 5.92 Å². The molecule has 2 fully saturated rings. The third kappa shape index (κ3) is 5.91. The maximum atomic E-state index is 12.4. The van der Waals surface area contributed by atoms with Crippen LogP contribution in [0.5, 0.6) is 5.75 Å². The molecule has 0 unspecified atom stereocenters. The summed E-state index contributed by atoms with van der Waals surface area (Å²) in [4.78, 5) is 28.7. The Balaban J connectivity index is 1.29. The van der Waals surface area contributed by atoms with Crippen molar-refractivity contribution in [3.63, 3.8) is 0 Å². The first-order valence-electron chi connectivity index (χ1n) is 11.6. The lowest BCUT2D eigenvalue weighted by Crippen LogP contribution is -2.51. The number of hydrogen-bond donors (Lipinski definition) is 1. The fourth-order valence-electron chi connectivity index (χ4n) is 4.38. The monoisotopic (exact) mass is 429 g/mol. The Labute approximate surface area is 185 Å². The molecule has 1 heterocycles. The van der Waals surface area contributed by atoms with Crippen molar-refractivity contribution in [2.75, 3.05) is 44.6 Å². The molecule has 1 saturated carbocycles. The number of amides is 2. The average Bonchev–Trinajstić information content (AvgIpc) is 3.35. The van der Waals surface area contributed by atoms with Crippen molar-refractivity contribution in [1.82, 2.24) is 9.80 Å². The highest BCUT2D eigenvalue weighted by atomic mass is 16.6. The number of benzene rings is 1. The van der Waals surface area contributed by atoms with Gasteiger partial charge in [-0.2, -0.15) is 0 Å². The van der Waals surface area contributed by atoms with E-state index in [1.807, 2.05) is 37.8 Å². The molecule has 0 atom stereocenters. The van der Waals surface area contributed by atoms with Gasteiger partial charge in [0.1, 0.15) is 18.0 Å². The SMILES string of the molecule is CC(C)(C)OC(=O)Nc1ccc(OCCN2CCN(CC3CC3)C(=O)C2)c2c1CCC2. The number of carbonyl (C=O) groups excluding carboxylic acids is 2. The number of rotatable bonds is 7. The van der Waals surface area contributed by atoms with E-state index in [-0.39, 0.29) is 5.91 Å². The van der Waals surface area contributed by atoms with E-state index < -0.39 is 11.7 Å². The molecule has 7 nitrogen and oxygen atoms in total. The minimum atomic E-state index is -0.527. The summed E-state index contributed by atoms with van der Waals surface area (Å²) >= 11 is 0. The first-order valence-corrected chi connectivity index (χ1v) is 11.6. The molecular formula is C24H35N3O4. The Morgan fingerprint density at radius 3 is 2.65 bits per heavy atom. The Morgan fingerprint density at radius 2 is 1.94 bits per heavy atom. The van der Waals surface area contributed by atoms with Gasteiger partial charge in [-0.25, -0.2) is 4.79 Å². The Kier molecular flexibility index (Phi) is 6.42. The first-order chi connectivity index (χ1) is 14.8. The second-order valence-corrected chi connectivity index (χ2v) is 9.96. The van der Waals surface area contributed by atoms with Gasteiger partial charge in [-0.3, -0.25) is 15.0 Å². The van der Waals surface area contributed by atoms with Gasteiger partial charge >= 0.3 is 6.09 Å². The molecule has 3 aliphatic rings. The molecule has 4 rings (SSSR count). The Morgan fingerprint density at radius 1 is 1.16 bits per heavy atom. The molecule has 0 aromatic heterocycles. The highest BCUT2D eigenvalue weighted by molar-refractivity contribution is 5.86. The molecule has 2 aliphatic carbocycles. The number of hydrogen-bond acceptors (Lipinski definition) is 5. The molecule has 170 valence electrons. The highest BCUT2D eigenvalue weighted by Crippen LogP contribution is 2.36. The largest absolute Gasteiger partial charge is 0.492 e. The minimum Gasteiger partial charge on any atom is -0.492 e. The van der Waals surface area contributed by atoms with Gasteiger partial charge in [0.05, 0.1) is 6.54 Å². The fraction of sp³-hybridized carbons (Fsp3) is 0.667. The molecule has 2 amide bonds. The van der Waals surface area contributed by atoms with Crippen LogP contribution in [0.25, 0.3) is 0 Å². The standard InChI is InChI=1S/C24H35N3O4/c1-24(2,3)31-23(29)25-20-9-10-21(19-6-4-5-18(19)20)30-14-13-26-11-12-27(22(28)16-26)15-17-7-8-17/h9-10,17H,4-8,11-16H2,1-3H3,(H,25,29). The predicted octanol–water partition coefficient (Wildman–Crippen LogP) is 3.46. The number of carbonyl (C=O) groups is 2. The number of piperazine rings is 1. The lowest BCUT2D eigenvalue weighted by atomic mass is 10.1. The van der Waals surface area contributed by atoms with E-state index >= 15 is 0 Å². The van der Waals surface area contributed by atoms with E-state index in [2.05, 4.69) is 10.2 Å². The molecule has 0 radical (unpaired) electrons. The smallest absolute Gasteiger partial charge is 0.412 e. The van der Waals surface area contributed by atoms with Crippen LogP contribution in [0.15, 0.2) is 12.1 Å². The van der Waals surface area contributed by atoms with Gasteiger partial charge in [0.2, 0.25) is 5.91 Å². The van der Waals surface area contributed by atoms with Crippen molar-refractivity contribution in [1.29, 1.82) is 0 Å². The summed E-state index contributed by atoms with van der Waals surface area (Å²) in [6.45, 7) is 10.1. The van der Waals surface area contributed by atoms with Gasteiger partial charge in [-0.15, -0.1) is 0 Å². The van der Waals surface area contributed by atoms with Crippen molar-refractivity contribution < 1.29 is 19.1 Å². The van der Waals surface area contributed by atoms with Crippen LogP contribution in [0.2, 0.25) is 0 Å². The molecule has 1 N–H and O–H groups in total. The molecule has 0 bridgehead atoms. The van der Waals surface area contributed by atoms with Crippen LogP contribution in [0, 0.1) is 5.92 Å². The topological polar surface area (TPSA) is 71.1 Å². The number of nitrogens with one attached hydrogen (secondary N) is 1. The number of anilines is 1. The normalized spacial score (nSPS) is 19.3. The van der Waals surface area contributed by atoms with E-state index in [9.17, 15) is 9.59 Å². The highest BCUT2D eigenvalue weighted by Gasteiger charge is 2.30. The van der Waals surface area contributed by atoms with Crippen molar-refractivity contribution in [3.8, 4) is 5.75 Å². The van der Waals surface area contributed by atoms with Crippen LogP contribution in [0.1, 0.15) is 51.2 Å². The summed E-state index contributed by atoms with van der Waals surface area (Å²) in [7, 11) is 0. The fourth-order valence-corrected chi connectivity index (χ4v) is 4.38. The van der Waals surface area contributed by atoms with Crippen LogP contribution in [0.3, 0.4) is 0 Å². The van der Waals surface area contributed by atoms with E-state index in [1.165, 1.54) is 18.4 Å². The summed E-state index contributed by atoms with van der Waals surface area (Å²) in [6.07, 6.45) is 5.05. The van der Waals surface area contributed by atoms with Crippen LogP contribution in [-0.2, 0) is 22.4 Å². The molecular weight excluding hydrogens is 394 g/mol. The van der Waals surface area contributed by atoms with Gasteiger partial charge in [0.15, 0.2) is 0 Å². The second kappa shape index (κ2) is 9.07. The third-order valence-corrected chi connectivity index (χ3v) is 6.12. The van der Waals surface area contributed by atoms with Crippen LogP contribution in [0.4, 0.5) is 10.5 Å². The number of ether oxygens (including phenoxy) is 2. The zero-order valence-corrected chi connectivity index (χ0v) is 19.0. The van der Waals surface area contributed by atoms with Crippen molar-refractivity contribution in [2.45, 2.75) is 58.5 Å². The Hall–Kier alpha value is -2.28. The Bertz CT molecular complexity index is 829. The van der Waals surface area contributed by atoms with E-state index in [4.69, 9.17) is 9.47 Å². The summed E-state index contributed by atoms with van der Waals surface area (Å²) < 4.78 is 11.5. The lowest BCUT2D eigenvalue weighted by molar-refractivity contribution is -0.136. The predicted molar refractivity (Wildman–Crippen MR) is 120 cm³/mol. The number of nitrogens with zero attached hydrogens (tertiary/aromatic N) is 2. The van der Waals surface area contributed by atoms with Crippen molar-refractivity contribution in [3.05, 3.63) is 23.3 Å². The van der Waals surface area contributed by atoms with E-state index in [0.717, 1.165) is 68.4 Å². The molecule has 0 spiro atoms. The van der Waals surface area contributed by atoms with E-state index in [1.54, 1.807) is 0 Å². The van der Waals surface area contributed by atoms with Gasteiger partial charge in [-0.05, 0) is 82.1 Å². The summed E-state index contributed by atoms with van der Waals surface area (Å²) in [5.41, 5.74) is 2.61. The summed E-state index contributed by atoms with van der Waals surface area (Å²) in [5.74, 6) is 1.88. The van der Waals surface area contributed by atoms with Gasteiger partial charge in [-0.1, -0.05) is 0 Å². The first kappa shape index (κ1) is 21.9. The van der Waals surface area contributed by atoms with Crippen LogP contribution in [-0.4, -0.2) is 66.7 Å². The van der Waals surface area contributed by atoms with Crippen molar-refractivity contribution >= 4 is 17.7 Å². The van der Waals surface area contributed by atoms with Gasteiger partial charge in [0, 0.05) is 31.9 Å². The maximum absolute atomic E-state index is 12.4. The molecule has 31 heavy (non-hydrogen) atoms.